The standard InChI is InChI=1S/C17H27NO2/c1-3-16(19)12-18(13-17-5-4-10-20-17)11-15-8-6-14(2)7-9-15/h6-9,16-17,19H,3-5,10-13H2,1-2H3. The second-order valence-electron chi connectivity index (χ2n) is 5.88. The zero-order chi connectivity index (χ0) is 14.4. The average molecular weight is 277 g/mol. The highest BCUT2D eigenvalue weighted by atomic mass is 16.5. The highest BCUT2D eigenvalue weighted by Gasteiger charge is 2.20. The molecule has 20 heavy (non-hydrogen) atoms. The van der Waals surface area contributed by atoms with Gasteiger partial charge in [-0.2, -0.15) is 0 Å². The lowest BCUT2D eigenvalue weighted by Gasteiger charge is -2.27. The van der Waals surface area contributed by atoms with Crippen molar-refractivity contribution in [2.24, 2.45) is 0 Å². The molecule has 1 aliphatic heterocycles. The zero-order valence-electron chi connectivity index (χ0n) is 12.7. The first-order chi connectivity index (χ1) is 9.67. The maximum atomic E-state index is 9.94. The van der Waals surface area contributed by atoms with E-state index < -0.39 is 0 Å². The SMILES string of the molecule is CCC(O)CN(Cc1ccc(C)cc1)CC1CCCO1. The Hall–Kier alpha value is -0.900. The van der Waals surface area contributed by atoms with Crippen LogP contribution in [0.15, 0.2) is 24.3 Å². The van der Waals surface area contributed by atoms with Crippen LogP contribution in [0.5, 0.6) is 0 Å². The van der Waals surface area contributed by atoms with Gasteiger partial charge in [-0.25, -0.2) is 0 Å². The summed E-state index contributed by atoms with van der Waals surface area (Å²) in [5.74, 6) is 0. The Morgan fingerprint density at radius 2 is 2.10 bits per heavy atom. The number of hydrogen-bond donors (Lipinski definition) is 1. The van der Waals surface area contributed by atoms with E-state index >= 15 is 0 Å². The number of rotatable bonds is 7. The van der Waals surface area contributed by atoms with E-state index in [0.717, 1.165) is 39.1 Å². The molecular weight excluding hydrogens is 250 g/mol. The highest BCUT2D eigenvalue weighted by Crippen LogP contribution is 2.16. The molecule has 2 rings (SSSR count). The van der Waals surface area contributed by atoms with Crippen LogP contribution in [0.25, 0.3) is 0 Å². The summed E-state index contributed by atoms with van der Waals surface area (Å²) in [7, 11) is 0. The molecule has 1 fully saturated rings. The lowest BCUT2D eigenvalue weighted by Crippen LogP contribution is -2.37. The molecule has 0 radical (unpaired) electrons. The van der Waals surface area contributed by atoms with Gasteiger partial charge in [0, 0.05) is 26.2 Å². The predicted molar refractivity (Wildman–Crippen MR) is 81.7 cm³/mol. The monoisotopic (exact) mass is 277 g/mol. The molecule has 0 spiro atoms. The summed E-state index contributed by atoms with van der Waals surface area (Å²) in [6, 6.07) is 8.65. The largest absolute Gasteiger partial charge is 0.392 e. The maximum absolute atomic E-state index is 9.94. The second-order valence-corrected chi connectivity index (χ2v) is 5.88. The molecule has 0 bridgehead atoms. The minimum absolute atomic E-state index is 0.248. The highest BCUT2D eigenvalue weighted by molar-refractivity contribution is 5.21. The quantitative estimate of drug-likeness (QED) is 0.832. The van der Waals surface area contributed by atoms with Gasteiger partial charge < -0.3 is 9.84 Å². The Kier molecular flexibility index (Phi) is 6.02. The van der Waals surface area contributed by atoms with Crippen LogP contribution >= 0.6 is 0 Å². The van der Waals surface area contributed by atoms with Gasteiger partial charge in [0.25, 0.3) is 0 Å². The molecule has 1 aliphatic rings. The Bertz CT molecular complexity index is 384. The molecule has 2 atom stereocenters. The molecule has 112 valence electrons. The molecule has 1 saturated heterocycles. The van der Waals surface area contributed by atoms with Gasteiger partial charge in [-0.3, -0.25) is 4.90 Å². The first-order valence-corrected chi connectivity index (χ1v) is 7.75. The molecule has 3 heteroatoms. The van der Waals surface area contributed by atoms with E-state index in [1.54, 1.807) is 0 Å². The molecule has 0 saturated carbocycles. The summed E-state index contributed by atoms with van der Waals surface area (Å²) in [6.45, 7) is 7.56. The van der Waals surface area contributed by atoms with E-state index in [9.17, 15) is 5.11 Å². The van der Waals surface area contributed by atoms with Crippen molar-refractivity contribution >= 4 is 0 Å². The number of benzene rings is 1. The number of aliphatic hydroxyl groups is 1. The lowest BCUT2D eigenvalue weighted by molar-refractivity contribution is 0.0455. The molecule has 1 N–H and O–H groups in total. The van der Waals surface area contributed by atoms with Crippen LogP contribution in [0.3, 0.4) is 0 Å². The van der Waals surface area contributed by atoms with Crippen LogP contribution in [0.1, 0.15) is 37.3 Å². The summed E-state index contributed by atoms with van der Waals surface area (Å²) in [5, 5.41) is 9.94. The molecule has 0 aliphatic carbocycles. The van der Waals surface area contributed by atoms with Gasteiger partial charge >= 0.3 is 0 Å². The molecule has 1 heterocycles. The number of hydrogen-bond acceptors (Lipinski definition) is 3. The van der Waals surface area contributed by atoms with Crippen molar-refractivity contribution in [1.82, 2.24) is 4.90 Å². The molecule has 1 aromatic rings. The molecule has 2 unspecified atom stereocenters. The van der Waals surface area contributed by atoms with Crippen molar-refractivity contribution in [2.75, 3.05) is 19.7 Å². The number of ether oxygens (including phenoxy) is 1. The third-order valence-corrected chi connectivity index (χ3v) is 3.95. The molecule has 0 aromatic heterocycles. The normalized spacial score (nSPS) is 20.5. The maximum Gasteiger partial charge on any atom is 0.0702 e. The summed E-state index contributed by atoms with van der Waals surface area (Å²) in [5.41, 5.74) is 2.59. The van der Waals surface area contributed by atoms with Crippen LogP contribution in [0.4, 0.5) is 0 Å². The lowest BCUT2D eigenvalue weighted by atomic mass is 10.1. The van der Waals surface area contributed by atoms with Crippen molar-refractivity contribution in [1.29, 1.82) is 0 Å². The van der Waals surface area contributed by atoms with E-state index in [0.29, 0.717) is 6.10 Å². The Morgan fingerprint density at radius 1 is 1.35 bits per heavy atom. The number of aliphatic hydroxyl groups excluding tert-OH is 1. The number of nitrogens with zero attached hydrogens (tertiary/aromatic N) is 1. The van der Waals surface area contributed by atoms with Gasteiger partial charge in [0.15, 0.2) is 0 Å². The average Bonchev–Trinajstić information content (AvgIpc) is 2.94. The fraction of sp³-hybridized carbons (Fsp3) is 0.647. The third-order valence-electron chi connectivity index (χ3n) is 3.95. The molecule has 3 nitrogen and oxygen atoms in total. The van der Waals surface area contributed by atoms with Crippen molar-refractivity contribution in [3.05, 3.63) is 35.4 Å². The Labute approximate surface area is 122 Å². The van der Waals surface area contributed by atoms with E-state index in [1.165, 1.54) is 17.5 Å². The van der Waals surface area contributed by atoms with Crippen LogP contribution in [-0.2, 0) is 11.3 Å². The van der Waals surface area contributed by atoms with Crippen LogP contribution in [0.2, 0.25) is 0 Å². The van der Waals surface area contributed by atoms with Gasteiger partial charge in [0.2, 0.25) is 0 Å². The van der Waals surface area contributed by atoms with Crippen LogP contribution in [-0.4, -0.2) is 41.9 Å². The van der Waals surface area contributed by atoms with Gasteiger partial charge in [0.05, 0.1) is 12.2 Å². The van der Waals surface area contributed by atoms with Gasteiger partial charge in [-0.1, -0.05) is 36.8 Å². The van der Waals surface area contributed by atoms with E-state index in [2.05, 4.69) is 36.1 Å². The molecule has 0 amide bonds. The van der Waals surface area contributed by atoms with Crippen LogP contribution in [0, 0.1) is 6.92 Å². The molecular formula is C17H27NO2. The minimum Gasteiger partial charge on any atom is -0.392 e. The summed E-state index contributed by atoms with van der Waals surface area (Å²) >= 11 is 0. The van der Waals surface area contributed by atoms with Gasteiger partial charge in [-0.05, 0) is 31.7 Å². The summed E-state index contributed by atoms with van der Waals surface area (Å²) in [4.78, 5) is 2.33. The summed E-state index contributed by atoms with van der Waals surface area (Å²) < 4.78 is 5.73. The van der Waals surface area contributed by atoms with Crippen molar-refractivity contribution < 1.29 is 9.84 Å². The number of aryl methyl sites for hydroxylation is 1. The van der Waals surface area contributed by atoms with Crippen molar-refractivity contribution in [2.45, 2.75) is 51.9 Å². The molecule has 1 aromatic carbocycles. The fourth-order valence-electron chi connectivity index (χ4n) is 2.66. The van der Waals surface area contributed by atoms with E-state index in [1.807, 2.05) is 6.92 Å². The smallest absolute Gasteiger partial charge is 0.0702 e. The first-order valence-electron chi connectivity index (χ1n) is 7.75. The minimum atomic E-state index is -0.248. The zero-order valence-corrected chi connectivity index (χ0v) is 12.7. The van der Waals surface area contributed by atoms with Crippen LogP contribution < -0.4 is 0 Å². The van der Waals surface area contributed by atoms with Crippen molar-refractivity contribution in [3.63, 3.8) is 0 Å². The second kappa shape index (κ2) is 7.77. The topological polar surface area (TPSA) is 32.7 Å². The van der Waals surface area contributed by atoms with Gasteiger partial charge in [-0.15, -0.1) is 0 Å². The van der Waals surface area contributed by atoms with E-state index in [4.69, 9.17) is 4.74 Å². The predicted octanol–water partition coefficient (Wildman–Crippen LogP) is 2.75. The van der Waals surface area contributed by atoms with E-state index in [-0.39, 0.29) is 6.10 Å². The van der Waals surface area contributed by atoms with Gasteiger partial charge in [0.1, 0.15) is 0 Å². The Balaban J connectivity index is 1.95. The Morgan fingerprint density at radius 3 is 2.70 bits per heavy atom. The first kappa shape index (κ1) is 15.5. The summed E-state index contributed by atoms with van der Waals surface area (Å²) in [6.07, 6.45) is 3.20. The fourth-order valence-corrected chi connectivity index (χ4v) is 2.66. The third kappa shape index (κ3) is 4.89. The van der Waals surface area contributed by atoms with Crippen molar-refractivity contribution in [3.8, 4) is 0 Å².